The molecule has 21 heavy (non-hydrogen) atoms. The Morgan fingerprint density at radius 3 is 2.14 bits per heavy atom. The molecule has 0 aliphatic rings. The zero-order valence-electron chi connectivity index (χ0n) is 10.8. The highest BCUT2D eigenvalue weighted by Gasteiger charge is 2.26. The highest BCUT2D eigenvalue weighted by atomic mass is 31.2. The van der Waals surface area contributed by atoms with Crippen LogP contribution >= 0.6 is 15.2 Å². The van der Waals surface area contributed by atoms with E-state index in [1.165, 1.54) is 0 Å². The number of benzene rings is 1. The van der Waals surface area contributed by atoms with Crippen molar-refractivity contribution < 1.29 is 28.7 Å². The lowest BCUT2D eigenvalue weighted by Crippen LogP contribution is -2.26. The highest BCUT2D eigenvalue weighted by Crippen LogP contribution is 2.41. The van der Waals surface area contributed by atoms with Gasteiger partial charge in [0.25, 0.3) is 0 Å². The summed E-state index contributed by atoms with van der Waals surface area (Å²) in [6.45, 7) is -0.106. The summed E-state index contributed by atoms with van der Waals surface area (Å²) in [4.78, 5) is 44.1. The lowest BCUT2D eigenvalue weighted by atomic mass is 10.3. The normalized spacial score (nSPS) is 13.2. The van der Waals surface area contributed by atoms with E-state index in [0.29, 0.717) is 11.3 Å². The maximum atomic E-state index is 11.1. The molecular formula is C10H15N3O6P2. The van der Waals surface area contributed by atoms with Crippen LogP contribution in [-0.2, 0) is 15.7 Å². The minimum absolute atomic E-state index is 0.106. The molecular weight excluding hydrogens is 320 g/mol. The van der Waals surface area contributed by atoms with Crippen molar-refractivity contribution in [2.24, 2.45) is 0 Å². The third-order valence-electron chi connectivity index (χ3n) is 2.58. The molecule has 0 spiro atoms. The second-order valence-corrected chi connectivity index (χ2v) is 7.87. The summed E-state index contributed by atoms with van der Waals surface area (Å²) in [5.74, 6) is 0.373. The van der Waals surface area contributed by atoms with Crippen LogP contribution < -0.4 is 0 Å². The molecule has 0 radical (unpaired) electrons. The van der Waals surface area contributed by atoms with Gasteiger partial charge in [-0.05, 0) is 12.1 Å². The first-order chi connectivity index (χ1) is 9.62. The third-order valence-corrected chi connectivity index (χ3v) is 4.12. The Morgan fingerprint density at radius 2 is 1.62 bits per heavy atom. The van der Waals surface area contributed by atoms with Gasteiger partial charge in [0, 0.05) is 0 Å². The second kappa shape index (κ2) is 5.98. The predicted octanol–water partition coefficient (Wildman–Crippen LogP) is 0.635. The van der Waals surface area contributed by atoms with Crippen molar-refractivity contribution in [1.82, 2.24) is 14.9 Å². The quantitative estimate of drug-likeness (QED) is 0.483. The van der Waals surface area contributed by atoms with E-state index >= 15 is 0 Å². The smallest absolute Gasteiger partial charge is 0.339 e. The molecule has 11 heteroatoms. The second-order valence-electron chi connectivity index (χ2n) is 4.64. The fourth-order valence-electron chi connectivity index (χ4n) is 1.96. The van der Waals surface area contributed by atoms with Crippen LogP contribution in [0.2, 0.25) is 0 Å². The topological polar surface area (TPSA) is 147 Å². The van der Waals surface area contributed by atoms with Gasteiger partial charge in [-0.2, -0.15) is 0 Å². The molecule has 0 aliphatic heterocycles. The minimum Gasteiger partial charge on any atom is -0.341 e. The van der Waals surface area contributed by atoms with Crippen LogP contribution in [0, 0.1) is 0 Å². The molecule has 5 N–H and O–H groups in total. The van der Waals surface area contributed by atoms with Crippen LogP contribution in [0.1, 0.15) is 5.82 Å². The molecule has 0 aliphatic carbocycles. The Bertz CT molecular complexity index is 663. The summed E-state index contributed by atoms with van der Waals surface area (Å²) in [7, 11) is -8.88. The van der Waals surface area contributed by atoms with Crippen LogP contribution in [-0.4, -0.2) is 47.0 Å². The Kier molecular flexibility index (Phi) is 4.65. The standard InChI is InChI=1S/C10H15N3O6P2/c14-20(15,16)6-13(7-21(17,18)19)5-10-11-8-3-1-2-4-9(8)12-10/h1-4H,5-7H2,(H,11,12)(H2,14,15,16)(H2,17,18,19). The third kappa shape index (κ3) is 5.33. The minimum atomic E-state index is -4.44. The van der Waals surface area contributed by atoms with Crippen LogP contribution in [0.3, 0.4) is 0 Å². The van der Waals surface area contributed by atoms with Crippen molar-refractivity contribution in [1.29, 1.82) is 0 Å². The van der Waals surface area contributed by atoms with Gasteiger partial charge in [-0.1, -0.05) is 12.1 Å². The van der Waals surface area contributed by atoms with E-state index in [-0.39, 0.29) is 6.54 Å². The van der Waals surface area contributed by atoms with Gasteiger partial charge in [-0.25, -0.2) is 4.98 Å². The number of nitrogens with one attached hydrogen (secondary N) is 1. The van der Waals surface area contributed by atoms with Gasteiger partial charge in [0.05, 0.1) is 17.6 Å². The molecule has 0 saturated carbocycles. The molecule has 1 heterocycles. The van der Waals surface area contributed by atoms with E-state index in [4.69, 9.17) is 19.6 Å². The molecule has 2 aromatic rings. The van der Waals surface area contributed by atoms with E-state index < -0.39 is 27.8 Å². The summed E-state index contributed by atoms with van der Waals surface area (Å²) in [5.41, 5.74) is 1.40. The maximum Gasteiger partial charge on any atom is 0.339 e. The zero-order chi connectivity index (χ0) is 15.7. The van der Waals surface area contributed by atoms with Gasteiger partial charge >= 0.3 is 15.2 Å². The lowest BCUT2D eigenvalue weighted by Gasteiger charge is -2.21. The number of imidazole rings is 1. The van der Waals surface area contributed by atoms with Crippen molar-refractivity contribution in [3.05, 3.63) is 30.1 Å². The predicted molar refractivity (Wildman–Crippen MR) is 75.5 cm³/mol. The van der Waals surface area contributed by atoms with Crippen molar-refractivity contribution in [3.8, 4) is 0 Å². The first-order valence-corrected chi connectivity index (χ1v) is 9.47. The van der Waals surface area contributed by atoms with Gasteiger partial charge in [0.2, 0.25) is 0 Å². The van der Waals surface area contributed by atoms with Crippen molar-refractivity contribution in [2.75, 3.05) is 12.6 Å². The highest BCUT2D eigenvalue weighted by molar-refractivity contribution is 7.52. The molecule has 0 bridgehead atoms. The number of para-hydroxylation sites is 2. The average Bonchev–Trinajstić information content (AvgIpc) is 2.65. The van der Waals surface area contributed by atoms with Crippen molar-refractivity contribution in [3.63, 3.8) is 0 Å². The number of hydrogen-bond acceptors (Lipinski definition) is 4. The zero-order valence-corrected chi connectivity index (χ0v) is 12.6. The molecule has 0 unspecified atom stereocenters. The summed E-state index contributed by atoms with van der Waals surface area (Å²) in [6.07, 6.45) is -1.51. The Labute approximate surface area is 119 Å². The SMILES string of the molecule is O=P(O)(O)CN(Cc1nc2ccccc2[nH]1)CP(=O)(O)O. The first-order valence-electron chi connectivity index (χ1n) is 5.87. The summed E-state index contributed by atoms with van der Waals surface area (Å²) >= 11 is 0. The Balaban J connectivity index is 2.20. The first kappa shape index (κ1) is 16.3. The lowest BCUT2D eigenvalue weighted by molar-refractivity contribution is 0.269. The summed E-state index contributed by atoms with van der Waals surface area (Å²) in [5, 5.41) is 0. The Morgan fingerprint density at radius 1 is 1.05 bits per heavy atom. The van der Waals surface area contributed by atoms with Crippen LogP contribution in [0.5, 0.6) is 0 Å². The fourth-order valence-corrected chi connectivity index (χ4v) is 3.56. The Hall–Kier alpha value is -1.05. The molecule has 0 atom stereocenters. The molecule has 1 aromatic heterocycles. The van der Waals surface area contributed by atoms with E-state index in [9.17, 15) is 9.13 Å². The fraction of sp³-hybridized carbons (Fsp3) is 0.300. The molecule has 0 fully saturated rings. The molecule has 0 amide bonds. The number of aromatic amines is 1. The van der Waals surface area contributed by atoms with E-state index in [0.717, 1.165) is 10.4 Å². The van der Waals surface area contributed by atoms with Crippen LogP contribution in [0.25, 0.3) is 11.0 Å². The number of aromatic nitrogens is 2. The van der Waals surface area contributed by atoms with Crippen LogP contribution in [0.4, 0.5) is 0 Å². The van der Waals surface area contributed by atoms with Gasteiger partial charge in [0.1, 0.15) is 18.4 Å². The number of hydrogen-bond donors (Lipinski definition) is 5. The summed E-state index contributed by atoms with van der Waals surface area (Å²) < 4.78 is 22.1. The molecule has 1 aromatic carbocycles. The molecule has 9 nitrogen and oxygen atoms in total. The largest absolute Gasteiger partial charge is 0.341 e. The van der Waals surface area contributed by atoms with E-state index in [2.05, 4.69) is 9.97 Å². The van der Waals surface area contributed by atoms with Gasteiger partial charge in [-0.3, -0.25) is 14.0 Å². The van der Waals surface area contributed by atoms with Crippen molar-refractivity contribution in [2.45, 2.75) is 6.54 Å². The van der Waals surface area contributed by atoms with E-state index in [1.807, 2.05) is 0 Å². The number of fused-ring (bicyclic) bond motifs is 1. The number of rotatable bonds is 6. The average molecular weight is 335 g/mol. The van der Waals surface area contributed by atoms with Crippen LogP contribution in [0.15, 0.2) is 24.3 Å². The van der Waals surface area contributed by atoms with Gasteiger partial charge in [-0.15, -0.1) is 0 Å². The summed E-state index contributed by atoms with van der Waals surface area (Å²) in [6, 6.07) is 7.12. The number of nitrogens with zero attached hydrogens (tertiary/aromatic N) is 2. The molecule has 2 rings (SSSR count). The molecule has 0 saturated heterocycles. The molecule has 116 valence electrons. The van der Waals surface area contributed by atoms with Crippen molar-refractivity contribution >= 4 is 26.2 Å². The number of H-pyrrole nitrogens is 1. The van der Waals surface area contributed by atoms with Gasteiger partial charge in [0.15, 0.2) is 0 Å². The van der Waals surface area contributed by atoms with Gasteiger partial charge < -0.3 is 24.6 Å². The maximum absolute atomic E-state index is 11.1. The van der Waals surface area contributed by atoms with E-state index in [1.54, 1.807) is 24.3 Å². The monoisotopic (exact) mass is 335 g/mol.